The van der Waals surface area contributed by atoms with Crippen LogP contribution in [-0.2, 0) is 16.0 Å². The highest BCUT2D eigenvalue weighted by atomic mass is 16.6. The summed E-state index contributed by atoms with van der Waals surface area (Å²) in [7, 11) is 0. The molecule has 132 valence electrons. The molecule has 0 unspecified atom stereocenters. The molecule has 0 amide bonds. The molecule has 0 atom stereocenters. The van der Waals surface area contributed by atoms with Crippen molar-refractivity contribution >= 4 is 23.4 Å². The Kier molecular flexibility index (Phi) is 6.64. The highest BCUT2D eigenvalue weighted by Crippen LogP contribution is 2.21. The number of aromatic nitrogens is 2. The van der Waals surface area contributed by atoms with E-state index in [1.54, 1.807) is 6.92 Å². The van der Waals surface area contributed by atoms with Gasteiger partial charge in [-0.15, -0.1) is 0 Å². The van der Waals surface area contributed by atoms with E-state index in [4.69, 9.17) is 4.74 Å². The van der Waals surface area contributed by atoms with Crippen LogP contribution in [0.15, 0.2) is 36.5 Å². The lowest BCUT2D eigenvalue weighted by Crippen LogP contribution is -2.19. The molecule has 0 aliphatic heterocycles. The van der Waals surface area contributed by atoms with Gasteiger partial charge in [-0.2, -0.15) is 4.98 Å². The van der Waals surface area contributed by atoms with Crippen molar-refractivity contribution in [2.75, 3.05) is 30.3 Å². The molecule has 0 spiro atoms. The number of hydrogen-bond acceptors (Lipinski definition) is 8. The molecular formula is C16H19N5O4. The van der Waals surface area contributed by atoms with Crippen molar-refractivity contribution in [2.24, 2.45) is 0 Å². The van der Waals surface area contributed by atoms with Crippen molar-refractivity contribution in [3.63, 3.8) is 0 Å². The van der Waals surface area contributed by atoms with E-state index in [-0.39, 0.29) is 30.6 Å². The van der Waals surface area contributed by atoms with Crippen molar-refractivity contribution in [3.8, 4) is 0 Å². The van der Waals surface area contributed by atoms with E-state index in [0.717, 1.165) is 18.2 Å². The minimum atomic E-state index is -0.610. The largest absolute Gasteiger partial charge is 0.465 e. The van der Waals surface area contributed by atoms with Gasteiger partial charge >= 0.3 is 11.7 Å². The molecule has 9 heteroatoms. The normalized spacial score (nSPS) is 10.1. The second-order valence-corrected chi connectivity index (χ2v) is 5.01. The first-order valence-electron chi connectivity index (χ1n) is 7.79. The average Bonchev–Trinajstić information content (AvgIpc) is 2.61. The molecule has 2 rings (SSSR count). The number of hydrogen-bond donors (Lipinski definition) is 2. The second-order valence-electron chi connectivity index (χ2n) is 5.01. The van der Waals surface area contributed by atoms with Crippen LogP contribution in [0.5, 0.6) is 0 Å². The quantitative estimate of drug-likeness (QED) is 0.402. The first-order chi connectivity index (χ1) is 12.1. The van der Waals surface area contributed by atoms with Gasteiger partial charge in [-0.1, -0.05) is 30.3 Å². The Balaban J connectivity index is 2.00. The predicted octanol–water partition coefficient (Wildman–Crippen LogP) is 2.01. The summed E-state index contributed by atoms with van der Waals surface area (Å²) in [6.07, 6.45) is 1.86. The van der Waals surface area contributed by atoms with Gasteiger partial charge in [0.05, 0.1) is 11.5 Å². The van der Waals surface area contributed by atoms with Crippen molar-refractivity contribution in [1.82, 2.24) is 9.97 Å². The molecule has 25 heavy (non-hydrogen) atoms. The molecule has 9 nitrogen and oxygen atoms in total. The minimum Gasteiger partial charge on any atom is -0.465 e. The first-order valence-corrected chi connectivity index (χ1v) is 7.79. The third-order valence-electron chi connectivity index (χ3n) is 3.21. The number of ether oxygens (including phenoxy) is 1. The summed E-state index contributed by atoms with van der Waals surface area (Å²) in [4.78, 5) is 29.8. The van der Waals surface area contributed by atoms with Crippen molar-refractivity contribution in [1.29, 1.82) is 0 Å². The maximum absolute atomic E-state index is 11.4. The van der Waals surface area contributed by atoms with E-state index >= 15 is 0 Å². The number of carbonyl (C=O) groups excluding carboxylic acids is 1. The van der Waals surface area contributed by atoms with E-state index in [1.165, 1.54) is 0 Å². The van der Waals surface area contributed by atoms with Gasteiger partial charge in [0.15, 0.2) is 0 Å². The Hall–Kier alpha value is -3.23. The van der Waals surface area contributed by atoms with E-state index in [9.17, 15) is 14.9 Å². The number of nitrogens with one attached hydrogen (secondary N) is 2. The maximum Gasteiger partial charge on any atom is 0.329 e. The molecule has 0 aliphatic rings. The summed E-state index contributed by atoms with van der Waals surface area (Å²) in [5, 5.41) is 16.7. The van der Waals surface area contributed by atoms with Gasteiger partial charge in [0, 0.05) is 6.54 Å². The molecule has 1 heterocycles. The molecule has 0 radical (unpaired) electrons. The van der Waals surface area contributed by atoms with Crippen LogP contribution in [0.1, 0.15) is 12.5 Å². The van der Waals surface area contributed by atoms with Crippen molar-refractivity contribution in [3.05, 3.63) is 52.2 Å². The first kappa shape index (κ1) is 18.1. The zero-order valence-electron chi connectivity index (χ0n) is 13.8. The second kappa shape index (κ2) is 9.16. The Morgan fingerprint density at radius 3 is 2.72 bits per heavy atom. The van der Waals surface area contributed by atoms with Crippen LogP contribution in [-0.4, -0.2) is 40.6 Å². The lowest BCUT2D eigenvalue weighted by Gasteiger charge is -2.09. The van der Waals surface area contributed by atoms with Crippen LogP contribution in [0.3, 0.4) is 0 Å². The molecule has 0 saturated carbocycles. The summed E-state index contributed by atoms with van der Waals surface area (Å²) in [5.41, 5.74) is 0.843. The number of anilines is 2. The fraction of sp³-hybridized carbons (Fsp3) is 0.312. The highest BCUT2D eigenvalue weighted by molar-refractivity contribution is 5.75. The average molecular weight is 345 g/mol. The minimum absolute atomic E-state index is 0.0322. The fourth-order valence-corrected chi connectivity index (χ4v) is 2.06. The molecule has 1 aromatic heterocycles. The number of rotatable bonds is 9. The van der Waals surface area contributed by atoms with Gasteiger partial charge in [0.2, 0.25) is 11.8 Å². The Morgan fingerprint density at radius 2 is 2.04 bits per heavy atom. The molecule has 0 saturated heterocycles. The summed E-state index contributed by atoms with van der Waals surface area (Å²) in [6.45, 7) is 2.27. The van der Waals surface area contributed by atoms with E-state index < -0.39 is 10.9 Å². The van der Waals surface area contributed by atoms with Crippen LogP contribution in [0.4, 0.5) is 17.5 Å². The smallest absolute Gasteiger partial charge is 0.329 e. The van der Waals surface area contributed by atoms with Crippen LogP contribution >= 0.6 is 0 Å². The SMILES string of the molecule is CCOC(=O)CNc1nc(NCCc2ccccc2)ncc1[N+](=O)[O-]. The molecule has 0 aliphatic carbocycles. The zero-order chi connectivity index (χ0) is 18.1. The third-order valence-corrected chi connectivity index (χ3v) is 3.21. The molecule has 0 fully saturated rings. The van der Waals surface area contributed by atoms with Crippen LogP contribution in [0.2, 0.25) is 0 Å². The predicted molar refractivity (Wildman–Crippen MR) is 92.4 cm³/mol. The monoisotopic (exact) mass is 345 g/mol. The lowest BCUT2D eigenvalue weighted by atomic mass is 10.1. The van der Waals surface area contributed by atoms with E-state index in [0.29, 0.717) is 6.54 Å². The highest BCUT2D eigenvalue weighted by Gasteiger charge is 2.18. The van der Waals surface area contributed by atoms with Crippen molar-refractivity contribution < 1.29 is 14.5 Å². The van der Waals surface area contributed by atoms with Crippen molar-refractivity contribution in [2.45, 2.75) is 13.3 Å². The molecule has 0 bridgehead atoms. The third kappa shape index (κ3) is 5.72. The maximum atomic E-state index is 11.4. The summed E-state index contributed by atoms with van der Waals surface area (Å²) < 4.78 is 4.78. The Labute approximate surface area is 144 Å². The standard InChI is InChI=1S/C16H19N5O4/c1-2-25-14(22)11-18-15-13(21(23)24)10-19-16(20-15)17-9-8-12-6-4-3-5-7-12/h3-7,10H,2,8-9,11H2,1H3,(H2,17,18,19,20). The molecule has 2 N–H and O–H groups in total. The number of esters is 1. The molecular weight excluding hydrogens is 326 g/mol. The van der Waals surface area contributed by atoms with E-state index in [2.05, 4.69) is 20.6 Å². The number of nitrogens with zero attached hydrogens (tertiary/aromatic N) is 3. The van der Waals surface area contributed by atoms with Gasteiger partial charge in [-0.05, 0) is 18.9 Å². The lowest BCUT2D eigenvalue weighted by molar-refractivity contribution is -0.384. The fourth-order valence-electron chi connectivity index (χ4n) is 2.06. The van der Waals surface area contributed by atoms with Crippen LogP contribution in [0, 0.1) is 10.1 Å². The summed E-state index contributed by atoms with van der Waals surface area (Å²) in [5.74, 6) is -0.308. The number of nitro groups is 1. The topological polar surface area (TPSA) is 119 Å². The summed E-state index contributed by atoms with van der Waals surface area (Å²) >= 11 is 0. The van der Waals surface area contributed by atoms with Gasteiger partial charge in [-0.3, -0.25) is 14.9 Å². The van der Waals surface area contributed by atoms with Gasteiger partial charge in [-0.25, -0.2) is 4.98 Å². The van der Waals surface area contributed by atoms with Gasteiger partial charge in [0.1, 0.15) is 12.7 Å². The summed E-state index contributed by atoms with van der Waals surface area (Å²) in [6, 6.07) is 9.86. The van der Waals surface area contributed by atoms with Gasteiger partial charge < -0.3 is 15.4 Å². The van der Waals surface area contributed by atoms with Crippen LogP contribution < -0.4 is 10.6 Å². The van der Waals surface area contributed by atoms with Crippen LogP contribution in [0.25, 0.3) is 0 Å². The van der Waals surface area contributed by atoms with E-state index in [1.807, 2.05) is 30.3 Å². The van der Waals surface area contributed by atoms with Gasteiger partial charge in [0.25, 0.3) is 0 Å². The Morgan fingerprint density at radius 1 is 1.28 bits per heavy atom. The molecule has 1 aromatic carbocycles. The molecule has 2 aromatic rings. The zero-order valence-corrected chi connectivity index (χ0v) is 13.8. The number of benzene rings is 1. The Bertz CT molecular complexity index is 724. The number of carbonyl (C=O) groups is 1.